The van der Waals surface area contributed by atoms with Gasteiger partial charge >= 0.3 is 0 Å². The fourth-order valence-electron chi connectivity index (χ4n) is 1.89. The van der Waals surface area contributed by atoms with E-state index >= 15 is 0 Å². The minimum Gasteiger partial charge on any atom is -0.352 e. The summed E-state index contributed by atoms with van der Waals surface area (Å²) in [4.78, 5) is 11.5. The van der Waals surface area contributed by atoms with Crippen LogP contribution in [0, 0.1) is 0 Å². The molecule has 0 atom stereocenters. The molecule has 1 saturated carbocycles. The molecule has 0 unspecified atom stereocenters. The van der Waals surface area contributed by atoms with Gasteiger partial charge in [0.15, 0.2) is 0 Å². The zero-order chi connectivity index (χ0) is 10.6. The van der Waals surface area contributed by atoms with E-state index in [1.165, 1.54) is 0 Å². The molecule has 0 bridgehead atoms. The van der Waals surface area contributed by atoms with Gasteiger partial charge in [-0.15, -0.1) is 0 Å². The summed E-state index contributed by atoms with van der Waals surface area (Å²) in [6.45, 7) is 6.19. The van der Waals surface area contributed by atoms with Gasteiger partial charge in [0, 0.05) is 18.5 Å². The van der Waals surface area contributed by atoms with Crippen molar-refractivity contribution in [2.75, 3.05) is 6.54 Å². The van der Waals surface area contributed by atoms with E-state index in [2.05, 4.69) is 11.9 Å². The molecule has 0 radical (unpaired) electrons. The fraction of sp³-hybridized carbons (Fsp3) is 0.727. The Morgan fingerprint density at radius 3 is 2.57 bits per heavy atom. The van der Waals surface area contributed by atoms with Crippen molar-refractivity contribution in [1.29, 1.82) is 0 Å². The van der Waals surface area contributed by atoms with Gasteiger partial charge in [0.05, 0.1) is 0 Å². The normalized spacial score (nSPS) is 19.3. The molecule has 1 amide bonds. The van der Waals surface area contributed by atoms with E-state index in [1.807, 2.05) is 6.92 Å². The van der Waals surface area contributed by atoms with Crippen LogP contribution >= 0.6 is 0 Å². The first-order valence-electron chi connectivity index (χ1n) is 5.22. The smallest absolute Gasteiger partial charge is 0.222 e. The van der Waals surface area contributed by atoms with Crippen molar-refractivity contribution in [3.63, 3.8) is 0 Å². The molecule has 80 valence electrons. The predicted molar refractivity (Wildman–Crippen MR) is 57.8 cm³/mol. The maximum absolute atomic E-state index is 11.5. The second-order valence-corrected chi connectivity index (χ2v) is 4.48. The van der Waals surface area contributed by atoms with Crippen molar-refractivity contribution in [3.05, 3.63) is 12.2 Å². The quantitative estimate of drug-likeness (QED) is 0.667. The lowest BCUT2D eigenvalue weighted by Gasteiger charge is -2.22. The highest BCUT2D eigenvalue weighted by atomic mass is 16.1. The molecule has 1 fully saturated rings. The van der Waals surface area contributed by atoms with E-state index in [4.69, 9.17) is 5.73 Å². The fourth-order valence-corrected chi connectivity index (χ4v) is 1.89. The average molecular weight is 196 g/mol. The predicted octanol–water partition coefficient (Wildman–Crippen LogP) is 1.34. The summed E-state index contributed by atoms with van der Waals surface area (Å²) < 4.78 is 0. The molecule has 0 saturated heterocycles. The largest absolute Gasteiger partial charge is 0.352 e. The molecule has 14 heavy (non-hydrogen) atoms. The van der Waals surface area contributed by atoms with Gasteiger partial charge in [0.2, 0.25) is 5.91 Å². The number of nitrogens with two attached hydrogens (primary N) is 1. The summed E-state index contributed by atoms with van der Waals surface area (Å²) in [5, 5.41) is 2.82. The Hall–Kier alpha value is -0.830. The number of amides is 1. The first-order chi connectivity index (χ1) is 6.52. The monoisotopic (exact) mass is 196 g/mol. The topological polar surface area (TPSA) is 55.1 Å². The Balaban J connectivity index is 2.29. The van der Waals surface area contributed by atoms with E-state index in [0.29, 0.717) is 13.0 Å². The maximum atomic E-state index is 11.5. The van der Waals surface area contributed by atoms with Crippen molar-refractivity contribution < 1.29 is 4.79 Å². The highest BCUT2D eigenvalue weighted by molar-refractivity contribution is 5.77. The summed E-state index contributed by atoms with van der Waals surface area (Å²) in [6.07, 6.45) is 4.73. The maximum Gasteiger partial charge on any atom is 0.222 e. The van der Waals surface area contributed by atoms with Crippen molar-refractivity contribution in [2.24, 2.45) is 5.73 Å². The van der Waals surface area contributed by atoms with Gasteiger partial charge < -0.3 is 11.1 Å². The van der Waals surface area contributed by atoms with E-state index in [0.717, 1.165) is 31.3 Å². The number of carbonyl (C=O) groups is 1. The highest BCUT2D eigenvalue weighted by Gasteiger charge is 2.31. The molecule has 0 aromatic carbocycles. The van der Waals surface area contributed by atoms with Gasteiger partial charge in [-0.05, 0) is 19.8 Å². The van der Waals surface area contributed by atoms with Crippen molar-refractivity contribution in [3.8, 4) is 0 Å². The Morgan fingerprint density at radius 2 is 2.07 bits per heavy atom. The van der Waals surface area contributed by atoms with Gasteiger partial charge in [0.25, 0.3) is 0 Å². The molecular weight excluding hydrogens is 176 g/mol. The first-order valence-corrected chi connectivity index (χ1v) is 5.22. The molecule has 1 rings (SSSR count). The average Bonchev–Trinajstić information content (AvgIpc) is 2.48. The molecule has 0 aromatic rings. The third-order valence-corrected chi connectivity index (χ3v) is 2.70. The molecule has 0 aliphatic heterocycles. The zero-order valence-corrected chi connectivity index (χ0v) is 8.94. The Bertz CT molecular complexity index is 229. The zero-order valence-electron chi connectivity index (χ0n) is 8.94. The molecule has 1 aliphatic carbocycles. The minimum atomic E-state index is -0.237. The van der Waals surface area contributed by atoms with Crippen LogP contribution in [0.15, 0.2) is 12.2 Å². The number of rotatable bonds is 4. The molecule has 0 spiro atoms. The number of hydrogen-bond donors (Lipinski definition) is 2. The van der Waals surface area contributed by atoms with E-state index in [1.54, 1.807) is 0 Å². The van der Waals surface area contributed by atoms with Crippen LogP contribution in [-0.4, -0.2) is 18.0 Å². The van der Waals surface area contributed by atoms with Gasteiger partial charge in [-0.25, -0.2) is 0 Å². The molecule has 3 N–H and O–H groups in total. The van der Waals surface area contributed by atoms with Crippen molar-refractivity contribution in [2.45, 2.75) is 44.6 Å². The van der Waals surface area contributed by atoms with Gasteiger partial charge in [-0.2, -0.15) is 0 Å². The van der Waals surface area contributed by atoms with E-state index in [9.17, 15) is 4.79 Å². The van der Waals surface area contributed by atoms with Crippen LogP contribution in [0.25, 0.3) is 0 Å². The number of carbonyl (C=O) groups excluding carboxylic acids is 1. The van der Waals surface area contributed by atoms with E-state index in [-0.39, 0.29) is 11.4 Å². The summed E-state index contributed by atoms with van der Waals surface area (Å²) in [5.74, 6) is 0.0531. The van der Waals surface area contributed by atoms with Crippen LogP contribution in [-0.2, 0) is 4.79 Å². The van der Waals surface area contributed by atoms with Gasteiger partial charge in [-0.1, -0.05) is 25.0 Å². The Morgan fingerprint density at radius 1 is 1.50 bits per heavy atom. The molecule has 3 heteroatoms. The lowest BCUT2D eigenvalue weighted by atomic mass is 9.94. The van der Waals surface area contributed by atoms with Gasteiger partial charge in [0.1, 0.15) is 0 Å². The third kappa shape index (κ3) is 3.50. The number of nitrogens with one attached hydrogen (secondary N) is 1. The van der Waals surface area contributed by atoms with Crippen LogP contribution in [0.3, 0.4) is 0 Å². The molecular formula is C11H20N2O. The highest BCUT2D eigenvalue weighted by Crippen LogP contribution is 2.29. The van der Waals surface area contributed by atoms with Crippen molar-refractivity contribution in [1.82, 2.24) is 5.32 Å². The summed E-state index contributed by atoms with van der Waals surface area (Å²) in [7, 11) is 0. The lowest BCUT2D eigenvalue weighted by molar-refractivity contribution is -0.122. The molecule has 0 heterocycles. The number of hydrogen-bond acceptors (Lipinski definition) is 2. The van der Waals surface area contributed by atoms with Crippen molar-refractivity contribution >= 4 is 5.91 Å². The van der Waals surface area contributed by atoms with Crippen LogP contribution in [0.2, 0.25) is 0 Å². The third-order valence-electron chi connectivity index (χ3n) is 2.70. The molecule has 0 aromatic heterocycles. The second kappa shape index (κ2) is 4.60. The Kier molecular flexibility index (Phi) is 3.69. The van der Waals surface area contributed by atoms with Crippen LogP contribution in [0.1, 0.15) is 39.0 Å². The molecule has 3 nitrogen and oxygen atoms in total. The second-order valence-electron chi connectivity index (χ2n) is 4.48. The SMILES string of the molecule is C=C(C)CNC(=O)CC1(N)CCCC1. The summed E-state index contributed by atoms with van der Waals surface area (Å²) in [5.41, 5.74) is 6.81. The van der Waals surface area contributed by atoms with Crippen LogP contribution in [0.5, 0.6) is 0 Å². The first kappa shape index (κ1) is 11.2. The lowest BCUT2D eigenvalue weighted by Crippen LogP contribution is -2.42. The van der Waals surface area contributed by atoms with Crippen LogP contribution < -0.4 is 11.1 Å². The molecule has 1 aliphatic rings. The Labute approximate surface area is 85.7 Å². The van der Waals surface area contributed by atoms with Gasteiger partial charge in [-0.3, -0.25) is 4.79 Å². The summed E-state index contributed by atoms with van der Waals surface area (Å²) in [6, 6.07) is 0. The standard InChI is InChI=1S/C11H20N2O/c1-9(2)8-13-10(14)7-11(12)5-3-4-6-11/h1,3-8,12H2,2H3,(H,13,14). The summed E-state index contributed by atoms with van der Waals surface area (Å²) >= 11 is 0. The minimum absolute atomic E-state index is 0.0531. The van der Waals surface area contributed by atoms with Crippen LogP contribution in [0.4, 0.5) is 0 Å². The van der Waals surface area contributed by atoms with E-state index < -0.39 is 0 Å².